The van der Waals surface area contributed by atoms with Gasteiger partial charge in [-0.3, -0.25) is 0 Å². The third kappa shape index (κ3) is 1.90. The van der Waals surface area contributed by atoms with Gasteiger partial charge < -0.3 is 19.3 Å². The summed E-state index contributed by atoms with van der Waals surface area (Å²) in [5, 5.41) is 9.45. The number of rotatable bonds is 2. The summed E-state index contributed by atoms with van der Waals surface area (Å²) in [5.74, 6) is -0.450. The van der Waals surface area contributed by atoms with Gasteiger partial charge in [-0.05, 0) is 6.92 Å². The van der Waals surface area contributed by atoms with Gasteiger partial charge in [0.2, 0.25) is 0 Å². The molecule has 0 aromatic carbocycles. The number of esters is 1. The average Bonchev–Trinajstić information content (AvgIpc) is 2.71. The van der Waals surface area contributed by atoms with Gasteiger partial charge in [0.25, 0.3) is 0 Å². The van der Waals surface area contributed by atoms with Crippen LogP contribution in [-0.4, -0.2) is 48.7 Å². The number of hydrogen-bond donors (Lipinski definition) is 1. The van der Waals surface area contributed by atoms with Crippen LogP contribution in [0.3, 0.4) is 0 Å². The molecule has 0 bridgehead atoms. The monoisotopic (exact) mass is 214 g/mol. The highest BCUT2D eigenvalue weighted by Crippen LogP contribution is 2.28. The Hall–Kier alpha value is -0.910. The standard InChI is InChI=1S/C10H14O5/c1-5(2)10(12)15-7-4-14-8-6(11)3-13-9(7)8/h6-9,11H,1,3-4H2,2H3/t6-,7+,8+,9+/m0/s1. The van der Waals surface area contributed by atoms with Crippen LogP contribution in [0.5, 0.6) is 0 Å². The van der Waals surface area contributed by atoms with Gasteiger partial charge in [-0.2, -0.15) is 0 Å². The number of hydrogen-bond acceptors (Lipinski definition) is 5. The van der Waals surface area contributed by atoms with Gasteiger partial charge in [0, 0.05) is 5.57 Å². The van der Waals surface area contributed by atoms with Crippen LogP contribution in [0.15, 0.2) is 12.2 Å². The van der Waals surface area contributed by atoms with Crippen LogP contribution in [0.25, 0.3) is 0 Å². The summed E-state index contributed by atoms with van der Waals surface area (Å²) < 4.78 is 15.7. The van der Waals surface area contributed by atoms with Crippen molar-refractivity contribution in [1.82, 2.24) is 0 Å². The van der Waals surface area contributed by atoms with Gasteiger partial charge in [-0.1, -0.05) is 6.58 Å². The number of aliphatic hydroxyl groups is 1. The molecule has 2 rings (SSSR count). The lowest BCUT2D eigenvalue weighted by Gasteiger charge is -2.16. The normalized spacial score (nSPS) is 38.8. The van der Waals surface area contributed by atoms with E-state index in [9.17, 15) is 9.90 Å². The minimum atomic E-state index is -0.622. The van der Waals surface area contributed by atoms with Crippen molar-refractivity contribution in [3.8, 4) is 0 Å². The van der Waals surface area contributed by atoms with E-state index in [0.29, 0.717) is 5.57 Å². The van der Waals surface area contributed by atoms with E-state index < -0.39 is 18.2 Å². The summed E-state index contributed by atoms with van der Waals surface area (Å²) in [5.41, 5.74) is 0.344. The highest BCUT2D eigenvalue weighted by atomic mass is 16.6. The van der Waals surface area contributed by atoms with Crippen molar-refractivity contribution < 1.29 is 24.1 Å². The second kappa shape index (κ2) is 3.92. The molecule has 15 heavy (non-hydrogen) atoms. The Morgan fingerprint density at radius 3 is 2.73 bits per heavy atom. The zero-order chi connectivity index (χ0) is 11.0. The SMILES string of the molecule is C=C(C)C(=O)O[C@@H]1CO[C@H]2[C@@H]1OC[C@@H]2O. The van der Waals surface area contributed by atoms with E-state index in [-0.39, 0.29) is 25.4 Å². The Kier molecular flexibility index (Phi) is 2.77. The minimum absolute atomic E-state index is 0.233. The molecule has 0 aromatic heterocycles. The zero-order valence-electron chi connectivity index (χ0n) is 8.51. The molecule has 2 fully saturated rings. The molecule has 0 saturated carbocycles. The van der Waals surface area contributed by atoms with E-state index in [1.165, 1.54) is 0 Å². The minimum Gasteiger partial charge on any atom is -0.454 e. The summed E-state index contributed by atoms with van der Waals surface area (Å²) in [4.78, 5) is 11.3. The van der Waals surface area contributed by atoms with E-state index in [4.69, 9.17) is 14.2 Å². The fourth-order valence-electron chi connectivity index (χ4n) is 1.78. The molecule has 0 aliphatic carbocycles. The fraction of sp³-hybridized carbons (Fsp3) is 0.700. The highest BCUT2D eigenvalue weighted by Gasteiger charge is 2.48. The molecule has 1 N–H and O–H groups in total. The van der Waals surface area contributed by atoms with Gasteiger partial charge in [0.15, 0.2) is 6.10 Å². The molecule has 2 aliphatic heterocycles. The Morgan fingerprint density at radius 1 is 1.40 bits per heavy atom. The van der Waals surface area contributed by atoms with E-state index in [1.54, 1.807) is 6.92 Å². The largest absolute Gasteiger partial charge is 0.454 e. The smallest absolute Gasteiger partial charge is 0.333 e. The summed E-state index contributed by atoms with van der Waals surface area (Å²) in [6.45, 7) is 5.58. The van der Waals surface area contributed by atoms with Crippen LogP contribution in [0, 0.1) is 0 Å². The molecular formula is C10H14O5. The Morgan fingerprint density at radius 2 is 2.07 bits per heavy atom. The molecule has 0 unspecified atom stereocenters. The number of fused-ring (bicyclic) bond motifs is 1. The van der Waals surface area contributed by atoms with E-state index in [1.807, 2.05) is 0 Å². The first-order valence-electron chi connectivity index (χ1n) is 4.87. The number of carbonyl (C=O) groups excluding carboxylic acids is 1. The van der Waals surface area contributed by atoms with Crippen LogP contribution in [0.4, 0.5) is 0 Å². The Balaban J connectivity index is 1.95. The van der Waals surface area contributed by atoms with Crippen molar-refractivity contribution in [3.63, 3.8) is 0 Å². The van der Waals surface area contributed by atoms with Gasteiger partial charge in [-0.15, -0.1) is 0 Å². The maximum Gasteiger partial charge on any atom is 0.333 e. The maximum atomic E-state index is 11.3. The molecule has 4 atom stereocenters. The molecule has 0 spiro atoms. The van der Waals surface area contributed by atoms with Gasteiger partial charge in [-0.25, -0.2) is 4.79 Å². The van der Waals surface area contributed by atoms with Gasteiger partial charge in [0.05, 0.1) is 13.2 Å². The third-order valence-corrected chi connectivity index (χ3v) is 2.59. The van der Waals surface area contributed by atoms with Crippen molar-refractivity contribution >= 4 is 5.97 Å². The second-order valence-corrected chi connectivity index (χ2v) is 3.89. The van der Waals surface area contributed by atoms with Crippen molar-refractivity contribution in [1.29, 1.82) is 0 Å². The van der Waals surface area contributed by atoms with Crippen molar-refractivity contribution in [3.05, 3.63) is 12.2 Å². The van der Waals surface area contributed by atoms with Crippen LogP contribution in [0.2, 0.25) is 0 Å². The molecule has 2 saturated heterocycles. The number of aliphatic hydroxyl groups excluding tert-OH is 1. The van der Waals surface area contributed by atoms with Crippen LogP contribution >= 0.6 is 0 Å². The van der Waals surface area contributed by atoms with Crippen molar-refractivity contribution in [2.75, 3.05) is 13.2 Å². The summed E-state index contributed by atoms with van der Waals surface area (Å²) in [6, 6.07) is 0. The van der Waals surface area contributed by atoms with Crippen LogP contribution in [0.1, 0.15) is 6.92 Å². The summed E-state index contributed by atoms with van der Waals surface area (Å²) >= 11 is 0. The molecule has 0 radical (unpaired) electrons. The van der Waals surface area contributed by atoms with E-state index in [2.05, 4.69) is 6.58 Å². The molecule has 5 heteroatoms. The lowest BCUT2D eigenvalue weighted by molar-refractivity contribution is -0.148. The molecular weight excluding hydrogens is 200 g/mol. The summed E-state index contributed by atoms with van der Waals surface area (Å²) in [6.07, 6.45) is -1.77. The first-order valence-corrected chi connectivity index (χ1v) is 4.87. The third-order valence-electron chi connectivity index (χ3n) is 2.59. The molecule has 0 aromatic rings. The second-order valence-electron chi connectivity index (χ2n) is 3.89. The van der Waals surface area contributed by atoms with Gasteiger partial charge >= 0.3 is 5.97 Å². The first kappa shape index (κ1) is 10.6. The Bertz CT molecular complexity index is 288. The number of ether oxygens (including phenoxy) is 3. The predicted octanol–water partition coefficient (Wildman–Crippen LogP) is -0.367. The van der Waals surface area contributed by atoms with Crippen molar-refractivity contribution in [2.45, 2.75) is 31.3 Å². The zero-order valence-corrected chi connectivity index (χ0v) is 8.51. The molecule has 0 amide bonds. The predicted molar refractivity (Wildman–Crippen MR) is 50.2 cm³/mol. The van der Waals surface area contributed by atoms with Gasteiger partial charge in [0.1, 0.15) is 18.3 Å². The van der Waals surface area contributed by atoms with E-state index >= 15 is 0 Å². The number of carbonyl (C=O) groups is 1. The highest BCUT2D eigenvalue weighted by molar-refractivity contribution is 5.87. The fourth-order valence-corrected chi connectivity index (χ4v) is 1.78. The first-order chi connectivity index (χ1) is 7.09. The van der Waals surface area contributed by atoms with E-state index in [0.717, 1.165) is 0 Å². The van der Waals surface area contributed by atoms with Crippen molar-refractivity contribution in [2.24, 2.45) is 0 Å². The van der Waals surface area contributed by atoms with Crippen LogP contribution < -0.4 is 0 Å². The molecule has 84 valence electrons. The maximum absolute atomic E-state index is 11.3. The lowest BCUT2D eigenvalue weighted by Crippen LogP contribution is -2.34. The summed E-state index contributed by atoms with van der Waals surface area (Å²) in [7, 11) is 0. The Labute approximate surface area is 87.6 Å². The lowest BCUT2D eigenvalue weighted by atomic mass is 10.1. The quantitative estimate of drug-likeness (QED) is 0.502. The topological polar surface area (TPSA) is 65.0 Å². The molecule has 5 nitrogen and oxygen atoms in total. The average molecular weight is 214 g/mol. The van der Waals surface area contributed by atoms with Crippen LogP contribution in [-0.2, 0) is 19.0 Å². The molecule has 2 aliphatic rings. The molecule has 2 heterocycles.